The smallest absolute Gasteiger partial charge is 0 e. The molecule has 0 aromatic heterocycles. The molecular weight excluding hydrogens is 554 g/mol. The molecule has 0 aliphatic heterocycles. The van der Waals surface area contributed by atoms with Gasteiger partial charge in [0.2, 0.25) is 0 Å². The van der Waals surface area contributed by atoms with Gasteiger partial charge >= 0.3 is 0 Å². The first kappa shape index (κ1) is 70.2. The van der Waals surface area contributed by atoms with Crippen molar-refractivity contribution in [3.63, 3.8) is 0 Å². The predicted octanol–water partition coefficient (Wildman–Crippen LogP) is 7.98. The molecule has 0 bridgehead atoms. The second-order valence-corrected chi connectivity index (χ2v) is 2.92. The van der Waals surface area contributed by atoms with E-state index in [0.717, 1.165) is 5.57 Å². The standard InChI is InChI=1S/C6H9.C6H8.C4H4.3C2H6.CH4.B.3Y/c1-4-5-6(2)3;1-4-6(3)5-2;1-3-4-2;3*1-2;;;;;/h1,4-5H,2-3H3;1,4H,2-3H3;1-4H;3*1-2H3;1H4;;;;/q-1;2*-2;;;;;;;;. The van der Waals surface area contributed by atoms with Crippen molar-refractivity contribution in [3.8, 4) is 0 Å². The van der Waals surface area contributed by atoms with Crippen LogP contribution in [0.15, 0.2) is 41.5 Å². The fourth-order valence-corrected chi connectivity index (χ4v) is 0.276. The van der Waals surface area contributed by atoms with Crippen LogP contribution >= 0.6 is 0 Å². The van der Waals surface area contributed by atoms with Crippen molar-refractivity contribution in [2.45, 2.75) is 76.7 Å². The van der Waals surface area contributed by atoms with Gasteiger partial charge in [-0.05, 0) is 0 Å². The predicted molar refractivity (Wildman–Crippen MR) is 120 cm³/mol. The number of hydrogen-bond acceptors (Lipinski definition) is 0. The normalized spacial score (nSPS) is 5.48. The van der Waals surface area contributed by atoms with Crippen molar-refractivity contribution < 1.29 is 98.1 Å². The number of rotatable bonds is 3. The Hall–Kier alpha value is 1.82. The van der Waals surface area contributed by atoms with Gasteiger partial charge in [0.15, 0.2) is 0 Å². The molecule has 0 fully saturated rings. The largest absolute Gasteiger partial charge is 0.394 e. The van der Waals surface area contributed by atoms with Crippen LogP contribution in [-0.2, 0) is 98.1 Å². The van der Waals surface area contributed by atoms with Gasteiger partial charge in [0, 0.05) is 107 Å². The molecule has 0 heterocycles. The SMILES string of the molecule is C.CC.CC.CC.[B].[CH-]=CC(C)=[C-]C.[CH-]=CC=C(C)C.[CH-]=CC=[CH-].[Y].[Y].[Y]. The second kappa shape index (κ2) is 105. The van der Waals surface area contributed by atoms with Crippen molar-refractivity contribution in [2.75, 3.05) is 0 Å². The van der Waals surface area contributed by atoms with Gasteiger partial charge in [-0.1, -0.05) is 62.8 Å². The molecule has 0 aromatic carbocycles. The second-order valence-electron chi connectivity index (χ2n) is 2.92. The molecule has 6 radical (unpaired) electrons. The first-order valence-electron chi connectivity index (χ1n) is 7.83. The molecule has 0 amide bonds. The topological polar surface area (TPSA) is 0 Å². The molecule has 4 heteroatoms. The van der Waals surface area contributed by atoms with Crippen LogP contribution in [0.5, 0.6) is 0 Å². The minimum Gasteiger partial charge on any atom is -0.394 e. The minimum absolute atomic E-state index is 0. The van der Waals surface area contributed by atoms with Crippen molar-refractivity contribution >= 4 is 8.41 Å². The molecule has 0 saturated carbocycles. The molecule has 0 aromatic rings. The Kier molecular flexibility index (Phi) is 273. The van der Waals surface area contributed by atoms with Crippen LogP contribution < -0.4 is 0 Å². The molecule has 0 N–H and O–H groups in total. The van der Waals surface area contributed by atoms with E-state index in [9.17, 15) is 0 Å². The van der Waals surface area contributed by atoms with Crippen LogP contribution in [0.4, 0.5) is 0 Å². The maximum Gasteiger partial charge on any atom is 0 e. The van der Waals surface area contributed by atoms with E-state index in [0.29, 0.717) is 0 Å². The Balaban J connectivity index is -0.0000000129. The van der Waals surface area contributed by atoms with E-state index in [-0.39, 0.29) is 114 Å². The van der Waals surface area contributed by atoms with Crippen molar-refractivity contribution in [1.29, 1.82) is 0 Å². The van der Waals surface area contributed by atoms with Gasteiger partial charge in [0.1, 0.15) is 0 Å². The first-order valence-corrected chi connectivity index (χ1v) is 7.83. The fourth-order valence-electron chi connectivity index (χ4n) is 0.276. The van der Waals surface area contributed by atoms with Crippen LogP contribution in [0.2, 0.25) is 0 Å². The molecule has 0 saturated heterocycles. The Labute approximate surface area is 253 Å². The third-order valence-corrected chi connectivity index (χ3v) is 1.19. The summed E-state index contributed by atoms with van der Waals surface area (Å²) >= 11 is 0. The summed E-state index contributed by atoms with van der Waals surface area (Å²) in [5, 5.41) is 0. The first-order chi connectivity index (χ1) is 10.5. The van der Waals surface area contributed by atoms with Crippen LogP contribution in [0.3, 0.4) is 0 Å². The Morgan fingerprint density at radius 2 is 0.926 bits per heavy atom. The number of allylic oxidation sites excluding steroid dienone is 8. The summed E-state index contributed by atoms with van der Waals surface area (Å²) in [6, 6.07) is 0. The van der Waals surface area contributed by atoms with Crippen LogP contribution in [0, 0.1) is 32.4 Å². The Bertz CT molecular complexity index is 259. The molecule has 0 atom stereocenters. The van der Waals surface area contributed by atoms with Gasteiger partial charge in [0.25, 0.3) is 0 Å². The third kappa shape index (κ3) is 192. The summed E-state index contributed by atoms with van der Waals surface area (Å²) in [4.78, 5) is 0. The molecule has 27 heavy (non-hydrogen) atoms. The summed E-state index contributed by atoms with van der Waals surface area (Å²) in [5.41, 5.74) is 2.23. The summed E-state index contributed by atoms with van der Waals surface area (Å²) in [6.07, 6.45) is 10.3. The van der Waals surface area contributed by atoms with Gasteiger partial charge in [-0.3, -0.25) is 6.58 Å². The summed E-state index contributed by atoms with van der Waals surface area (Å²) in [7, 11) is 0. The van der Waals surface area contributed by atoms with Crippen molar-refractivity contribution in [1.82, 2.24) is 0 Å². The molecular formula is C23H43BY3-5. The van der Waals surface area contributed by atoms with Gasteiger partial charge in [-0.15, -0.1) is 13.8 Å². The Morgan fingerprint density at radius 1 is 0.667 bits per heavy atom. The summed E-state index contributed by atoms with van der Waals surface area (Å²) in [5.74, 6) is 0. The summed E-state index contributed by atoms with van der Waals surface area (Å²) < 4.78 is 0. The van der Waals surface area contributed by atoms with E-state index in [1.807, 2.05) is 75.3 Å². The van der Waals surface area contributed by atoms with Gasteiger partial charge < -0.3 is 49.6 Å². The zero-order chi connectivity index (χ0) is 19.4. The zero-order valence-electron chi connectivity index (χ0n) is 19.0. The van der Waals surface area contributed by atoms with E-state index < -0.39 is 0 Å². The fraction of sp³-hybridized carbons (Fsp3) is 0.478. The van der Waals surface area contributed by atoms with Gasteiger partial charge in [-0.2, -0.15) is 5.57 Å². The average molecular weight is 597 g/mol. The average Bonchev–Trinajstić information content (AvgIpc) is 2.60. The van der Waals surface area contributed by atoms with Crippen LogP contribution in [0.1, 0.15) is 76.7 Å². The molecule has 0 spiro atoms. The van der Waals surface area contributed by atoms with Crippen LogP contribution in [-0.4, -0.2) is 8.41 Å². The maximum atomic E-state index is 5.06. The molecule has 0 unspecified atom stereocenters. The van der Waals surface area contributed by atoms with Gasteiger partial charge in [-0.25, -0.2) is 12.2 Å². The molecule has 0 rings (SSSR count). The van der Waals surface area contributed by atoms with E-state index >= 15 is 0 Å². The molecule has 152 valence electrons. The molecule has 0 nitrogen and oxygen atoms in total. The Morgan fingerprint density at radius 3 is 0.926 bits per heavy atom. The van der Waals surface area contributed by atoms with E-state index in [4.69, 9.17) is 26.3 Å². The quantitative estimate of drug-likeness (QED) is 0.176. The van der Waals surface area contributed by atoms with Crippen molar-refractivity contribution in [2.24, 2.45) is 0 Å². The minimum atomic E-state index is 0. The maximum absolute atomic E-state index is 5.06. The monoisotopic (exact) mass is 597 g/mol. The van der Waals surface area contributed by atoms with E-state index in [1.54, 1.807) is 0 Å². The molecule has 0 aliphatic carbocycles. The number of hydrogen-bond donors (Lipinski definition) is 0. The molecule has 0 aliphatic rings. The zero-order valence-corrected chi connectivity index (χ0v) is 27.5. The third-order valence-electron chi connectivity index (χ3n) is 1.19. The van der Waals surface area contributed by atoms with Gasteiger partial charge in [0.05, 0.1) is 0 Å². The summed E-state index contributed by atoms with van der Waals surface area (Å²) in [6.45, 7) is 39.3. The van der Waals surface area contributed by atoms with E-state index in [2.05, 4.69) is 6.08 Å². The van der Waals surface area contributed by atoms with Crippen LogP contribution in [0.25, 0.3) is 0 Å². The van der Waals surface area contributed by atoms with Crippen molar-refractivity contribution in [3.05, 3.63) is 73.9 Å². The van der Waals surface area contributed by atoms with E-state index in [1.165, 1.54) is 29.9 Å².